The smallest absolute Gasteiger partial charge is 0.284 e. The first-order valence-corrected chi connectivity index (χ1v) is 16.4. The van der Waals surface area contributed by atoms with Gasteiger partial charge in [-0.3, -0.25) is 9.00 Å². The third-order valence-electron chi connectivity index (χ3n) is 9.27. The van der Waals surface area contributed by atoms with Gasteiger partial charge in [-0.2, -0.15) is 4.36 Å². The number of carbonyl (C=O) groups excluding carboxylic acids is 1. The maximum atomic E-state index is 13.2. The Morgan fingerprint density at radius 2 is 1.74 bits per heavy atom. The molecule has 3 aliphatic heterocycles. The number of amides is 1. The van der Waals surface area contributed by atoms with Crippen molar-refractivity contribution in [1.29, 1.82) is 0 Å². The molecule has 8 heteroatoms. The fraction of sp³-hybridized carbons (Fsp3) is 0.581. The van der Waals surface area contributed by atoms with E-state index in [9.17, 15) is 9.00 Å². The molecule has 1 unspecified atom stereocenters. The van der Waals surface area contributed by atoms with E-state index in [2.05, 4.69) is 21.4 Å². The van der Waals surface area contributed by atoms with Crippen LogP contribution in [0.4, 0.5) is 5.69 Å². The number of ether oxygens (including phenoxy) is 2. The lowest BCUT2D eigenvalue weighted by molar-refractivity contribution is 0.0791. The van der Waals surface area contributed by atoms with E-state index < -0.39 is 16.5 Å². The van der Waals surface area contributed by atoms with Gasteiger partial charge in [0, 0.05) is 46.6 Å². The number of thiol groups is 1. The summed E-state index contributed by atoms with van der Waals surface area (Å²) in [6.07, 6.45) is 9.73. The maximum absolute atomic E-state index is 13.2. The highest BCUT2D eigenvalue weighted by Gasteiger charge is 2.35. The third kappa shape index (κ3) is 6.31. The molecule has 0 spiro atoms. The number of aryl methyl sites for hydroxylation is 1. The minimum Gasteiger partial charge on any atom is -0.491 e. The first kappa shape index (κ1) is 27.1. The summed E-state index contributed by atoms with van der Waals surface area (Å²) >= 11 is 6.41. The van der Waals surface area contributed by atoms with Crippen molar-refractivity contribution in [3.05, 3.63) is 58.1 Å². The average Bonchev–Trinajstić information content (AvgIpc) is 3.35. The summed E-state index contributed by atoms with van der Waals surface area (Å²) in [6.45, 7) is 3.05. The van der Waals surface area contributed by atoms with Gasteiger partial charge in [-0.25, -0.2) is 0 Å². The van der Waals surface area contributed by atoms with Crippen LogP contribution in [0.3, 0.4) is 0 Å². The zero-order valence-electron chi connectivity index (χ0n) is 22.5. The first-order chi connectivity index (χ1) is 19.0. The predicted octanol–water partition coefficient (Wildman–Crippen LogP) is 6.48. The average molecular weight is 571 g/mol. The fourth-order valence-electron chi connectivity index (χ4n) is 6.81. The van der Waals surface area contributed by atoms with Crippen LogP contribution in [0.15, 0.2) is 40.8 Å². The molecule has 39 heavy (non-hydrogen) atoms. The van der Waals surface area contributed by atoms with Crippen LogP contribution in [0.5, 0.6) is 5.75 Å². The normalized spacial score (nSPS) is 30.3. The van der Waals surface area contributed by atoms with Crippen molar-refractivity contribution in [2.24, 2.45) is 22.1 Å². The second kappa shape index (κ2) is 12.2. The Labute approximate surface area is 238 Å². The molecule has 2 aromatic carbocycles. The predicted molar refractivity (Wildman–Crippen MR) is 156 cm³/mol. The van der Waals surface area contributed by atoms with Gasteiger partial charge in [-0.15, -0.1) is 0 Å². The Bertz CT molecular complexity index is 1290. The Balaban J connectivity index is 1.39. The summed E-state index contributed by atoms with van der Waals surface area (Å²) in [5.74, 6) is 2.59. The lowest BCUT2D eigenvalue weighted by atomic mass is 9.70. The molecule has 3 heterocycles. The minimum atomic E-state index is -1.98. The van der Waals surface area contributed by atoms with Crippen LogP contribution < -0.4 is 9.64 Å². The van der Waals surface area contributed by atoms with E-state index in [4.69, 9.17) is 21.1 Å². The number of fused-ring (bicyclic) bond motifs is 4. The van der Waals surface area contributed by atoms with E-state index in [-0.39, 0.29) is 6.10 Å². The zero-order valence-corrected chi connectivity index (χ0v) is 24.2. The number of anilines is 1. The van der Waals surface area contributed by atoms with Crippen molar-refractivity contribution in [1.82, 2.24) is 0 Å². The quantitative estimate of drug-likeness (QED) is 0.367. The molecule has 2 aromatic rings. The Morgan fingerprint density at radius 3 is 2.62 bits per heavy atom. The first-order valence-electron chi connectivity index (χ1n) is 14.6. The van der Waals surface area contributed by atoms with Crippen molar-refractivity contribution in [3.8, 4) is 5.75 Å². The highest BCUT2D eigenvalue weighted by atomic mass is 35.5. The van der Waals surface area contributed by atoms with Crippen molar-refractivity contribution in [3.63, 3.8) is 0 Å². The van der Waals surface area contributed by atoms with Gasteiger partial charge in [0.15, 0.2) is 0 Å². The Kier molecular flexibility index (Phi) is 8.47. The van der Waals surface area contributed by atoms with E-state index in [0.29, 0.717) is 42.1 Å². The van der Waals surface area contributed by atoms with Crippen molar-refractivity contribution in [2.45, 2.75) is 70.4 Å². The number of hydrogen-bond acceptors (Lipinski definition) is 5. The van der Waals surface area contributed by atoms with Crippen LogP contribution in [0.25, 0.3) is 0 Å². The van der Waals surface area contributed by atoms with E-state index >= 15 is 0 Å². The van der Waals surface area contributed by atoms with Gasteiger partial charge in [0.2, 0.25) is 0 Å². The molecular weight excluding hydrogens is 532 g/mol. The van der Waals surface area contributed by atoms with E-state index in [0.717, 1.165) is 68.3 Å². The van der Waals surface area contributed by atoms with Gasteiger partial charge in [-0.05, 0) is 117 Å². The molecule has 1 saturated heterocycles. The van der Waals surface area contributed by atoms with Crippen molar-refractivity contribution < 1.29 is 18.5 Å². The van der Waals surface area contributed by atoms with Crippen LogP contribution in [0.2, 0.25) is 5.02 Å². The van der Waals surface area contributed by atoms with Gasteiger partial charge in [0.25, 0.3) is 5.91 Å². The number of benzene rings is 2. The largest absolute Gasteiger partial charge is 0.491 e. The van der Waals surface area contributed by atoms with Crippen molar-refractivity contribution >= 4 is 33.8 Å². The summed E-state index contributed by atoms with van der Waals surface area (Å²) in [4.78, 5) is 15.6. The molecule has 6 nitrogen and oxygen atoms in total. The zero-order chi connectivity index (χ0) is 26.8. The van der Waals surface area contributed by atoms with Crippen LogP contribution in [0.1, 0.15) is 72.9 Å². The molecule has 2 fully saturated rings. The van der Waals surface area contributed by atoms with E-state index in [1.165, 1.54) is 30.4 Å². The molecule has 1 aliphatic carbocycles. The molecule has 0 radical (unpaired) electrons. The summed E-state index contributed by atoms with van der Waals surface area (Å²) in [5.41, 5.74) is 3.95. The van der Waals surface area contributed by atoms with E-state index in [1.54, 1.807) is 6.07 Å². The van der Waals surface area contributed by atoms with Gasteiger partial charge in [0.05, 0.1) is 18.4 Å². The van der Waals surface area contributed by atoms with Gasteiger partial charge < -0.3 is 14.4 Å². The molecule has 1 amide bonds. The maximum Gasteiger partial charge on any atom is 0.284 e. The molecule has 6 rings (SSSR count). The molecule has 210 valence electrons. The molecule has 0 N–H and O–H groups in total. The lowest BCUT2D eigenvalue weighted by Gasteiger charge is -2.42. The highest BCUT2D eigenvalue weighted by Crippen LogP contribution is 2.43. The molecule has 0 aromatic heterocycles. The topological polar surface area (TPSA) is 68.2 Å². The van der Waals surface area contributed by atoms with Crippen molar-refractivity contribution in [2.75, 3.05) is 30.4 Å². The van der Waals surface area contributed by atoms with Crippen LogP contribution in [-0.2, 0) is 28.3 Å². The molecule has 1 saturated carbocycles. The summed E-state index contributed by atoms with van der Waals surface area (Å²) in [5, 5.41) is 0.769. The van der Waals surface area contributed by atoms with Gasteiger partial charge in [-0.1, -0.05) is 17.7 Å². The summed E-state index contributed by atoms with van der Waals surface area (Å²) < 4.78 is 29.3. The Morgan fingerprint density at radius 1 is 0.897 bits per heavy atom. The minimum absolute atomic E-state index is 0.137. The number of rotatable bonds is 0. The fourth-order valence-corrected chi connectivity index (χ4v) is 7.90. The Hall–Kier alpha value is -2.09. The SMILES string of the molecule is O=C1/N=[SH](=O)\CC[C@H]2OCC[C@@H]2CC[C@@H]2CC[C@H]2CN2Cc3ccc(Cl)cc3CCCCOc3ccc1cc32. The lowest BCUT2D eigenvalue weighted by Crippen LogP contribution is -2.38. The monoisotopic (exact) mass is 570 g/mol. The van der Waals surface area contributed by atoms with Crippen LogP contribution >= 0.6 is 11.6 Å². The number of carbonyl (C=O) groups is 1. The van der Waals surface area contributed by atoms with E-state index in [1.807, 2.05) is 18.2 Å². The summed E-state index contributed by atoms with van der Waals surface area (Å²) in [7, 11) is -1.98. The molecule has 5 atom stereocenters. The van der Waals surface area contributed by atoms with Crippen LogP contribution in [-0.4, -0.2) is 41.7 Å². The van der Waals surface area contributed by atoms with Crippen LogP contribution in [0, 0.1) is 17.8 Å². The third-order valence-corrected chi connectivity index (χ3v) is 10.5. The van der Waals surface area contributed by atoms with Gasteiger partial charge in [0.1, 0.15) is 5.75 Å². The second-order valence-electron chi connectivity index (χ2n) is 11.7. The highest BCUT2D eigenvalue weighted by molar-refractivity contribution is 7.75. The molecule has 4 aliphatic rings. The second-order valence-corrected chi connectivity index (χ2v) is 13.5. The number of nitrogens with zero attached hydrogens (tertiary/aromatic N) is 2. The molecule has 2 bridgehead atoms. The molecular formula is C31H39ClN2O4S. The standard InChI is InChI=1S/C31H39ClN2O4S/c32-27-10-8-26-20-34-19-25-7-5-21(25)4-6-22-12-15-38-29(22)13-16-39(36)33-31(35)24-9-11-30(28(34)18-24)37-14-2-1-3-23(26)17-27/h8-11,17-18,21-22,25,29,39H,1-7,12-16,19-20H2/t21-,22+,25+,29-/m1/s1. The summed E-state index contributed by atoms with van der Waals surface area (Å²) in [6, 6.07) is 11.8. The van der Waals surface area contributed by atoms with Gasteiger partial charge >= 0.3 is 0 Å². The number of halogens is 1. The number of hydrogen-bond donors (Lipinski definition) is 1.